The van der Waals surface area contributed by atoms with Gasteiger partial charge in [0.05, 0.1) is 0 Å². The number of halogens is 3. The molecule has 3 aromatic rings. The van der Waals surface area contributed by atoms with Crippen molar-refractivity contribution in [3.63, 3.8) is 0 Å². The molecule has 0 unspecified atom stereocenters. The lowest BCUT2D eigenvalue weighted by molar-refractivity contribution is -0.153. The van der Waals surface area contributed by atoms with Gasteiger partial charge in [0.25, 0.3) is 5.95 Å². The second kappa shape index (κ2) is 9.21. The standard InChI is InChI=1S/C20H21F3N6O2/c21-20(22,23)14-30-16-4-6-17(7-5-16)31-18-3-1-2-15(12-18)13-28-8-10-29(11-9-28)19-24-26-27-25-19/h1-7,12H,8-11,13-14H2,(H,24,25,26,27). The van der Waals surface area contributed by atoms with Crippen LogP contribution in [0.25, 0.3) is 0 Å². The van der Waals surface area contributed by atoms with E-state index in [4.69, 9.17) is 9.47 Å². The van der Waals surface area contributed by atoms with E-state index >= 15 is 0 Å². The molecule has 1 aliphatic heterocycles. The van der Waals surface area contributed by atoms with E-state index < -0.39 is 12.8 Å². The molecule has 1 saturated heterocycles. The maximum Gasteiger partial charge on any atom is 0.422 e. The van der Waals surface area contributed by atoms with Gasteiger partial charge >= 0.3 is 6.18 Å². The first-order valence-corrected chi connectivity index (χ1v) is 9.72. The van der Waals surface area contributed by atoms with Crippen molar-refractivity contribution in [2.45, 2.75) is 12.7 Å². The Hall–Kier alpha value is -3.34. The van der Waals surface area contributed by atoms with Gasteiger partial charge in [-0.25, -0.2) is 0 Å². The van der Waals surface area contributed by atoms with Crippen LogP contribution < -0.4 is 14.4 Å². The summed E-state index contributed by atoms with van der Waals surface area (Å²) >= 11 is 0. The third-order valence-electron chi connectivity index (χ3n) is 4.76. The maximum atomic E-state index is 12.2. The highest BCUT2D eigenvalue weighted by Gasteiger charge is 2.28. The van der Waals surface area contributed by atoms with Crippen LogP contribution in [-0.4, -0.2) is 64.5 Å². The van der Waals surface area contributed by atoms with Gasteiger partial charge in [-0.05, 0) is 47.2 Å². The molecular weight excluding hydrogens is 413 g/mol. The SMILES string of the molecule is FC(F)(F)COc1ccc(Oc2cccc(CN3CCN(c4nn[nH]n4)CC3)c2)cc1. The zero-order chi connectivity index (χ0) is 21.7. The fourth-order valence-corrected chi connectivity index (χ4v) is 3.27. The van der Waals surface area contributed by atoms with Gasteiger partial charge in [0, 0.05) is 32.7 Å². The number of anilines is 1. The average molecular weight is 434 g/mol. The van der Waals surface area contributed by atoms with E-state index in [9.17, 15) is 13.2 Å². The third-order valence-corrected chi connectivity index (χ3v) is 4.76. The molecule has 8 nitrogen and oxygen atoms in total. The summed E-state index contributed by atoms with van der Waals surface area (Å²) < 4.78 is 47.2. The molecule has 0 radical (unpaired) electrons. The van der Waals surface area contributed by atoms with Gasteiger partial charge in [-0.15, -0.1) is 5.10 Å². The largest absolute Gasteiger partial charge is 0.484 e. The molecule has 11 heteroatoms. The van der Waals surface area contributed by atoms with Crippen molar-refractivity contribution >= 4 is 5.95 Å². The second-order valence-corrected chi connectivity index (χ2v) is 7.10. The fraction of sp³-hybridized carbons (Fsp3) is 0.350. The summed E-state index contributed by atoms with van der Waals surface area (Å²) in [4.78, 5) is 4.42. The Morgan fingerprint density at radius 1 is 0.935 bits per heavy atom. The molecule has 2 aromatic carbocycles. The van der Waals surface area contributed by atoms with Gasteiger partial charge in [0.1, 0.15) is 17.2 Å². The van der Waals surface area contributed by atoms with Crippen molar-refractivity contribution < 1.29 is 22.6 Å². The number of H-pyrrole nitrogens is 1. The normalized spacial score (nSPS) is 15.1. The molecule has 4 rings (SSSR count). The fourth-order valence-electron chi connectivity index (χ4n) is 3.27. The number of piperazine rings is 1. The number of benzene rings is 2. The molecule has 0 bridgehead atoms. The second-order valence-electron chi connectivity index (χ2n) is 7.10. The molecule has 31 heavy (non-hydrogen) atoms. The van der Waals surface area contributed by atoms with E-state index in [1.165, 1.54) is 12.1 Å². The van der Waals surface area contributed by atoms with Crippen LogP contribution >= 0.6 is 0 Å². The molecule has 2 heterocycles. The van der Waals surface area contributed by atoms with Crippen LogP contribution in [0.2, 0.25) is 0 Å². The number of rotatable bonds is 7. The molecule has 0 aliphatic carbocycles. The molecule has 1 aliphatic rings. The molecule has 0 atom stereocenters. The number of alkyl halides is 3. The Bertz CT molecular complexity index is 958. The van der Waals surface area contributed by atoms with Gasteiger partial charge in [0.2, 0.25) is 0 Å². The zero-order valence-electron chi connectivity index (χ0n) is 16.5. The Morgan fingerprint density at radius 2 is 1.68 bits per heavy atom. The number of aromatic nitrogens is 4. The minimum Gasteiger partial charge on any atom is -0.484 e. The lowest BCUT2D eigenvalue weighted by Gasteiger charge is -2.33. The van der Waals surface area contributed by atoms with Crippen LogP contribution in [0.4, 0.5) is 19.1 Å². The smallest absolute Gasteiger partial charge is 0.422 e. The quantitative estimate of drug-likeness (QED) is 0.612. The number of hydrogen-bond donors (Lipinski definition) is 1. The first-order chi connectivity index (χ1) is 14.9. The molecule has 1 aromatic heterocycles. The average Bonchev–Trinajstić information content (AvgIpc) is 3.29. The van der Waals surface area contributed by atoms with Crippen molar-refractivity contribution in [1.82, 2.24) is 25.5 Å². The molecule has 0 saturated carbocycles. The lowest BCUT2D eigenvalue weighted by atomic mass is 10.2. The van der Waals surface area contributed by atoms with Crippen molar-refractivity contribution in [3.05, 3.63) is 54.1 Å². The van der Waals surface area contributed by atoms with Crippen LogP contribution in [0.1, 0.15) is 5.56 Å². The highest BCUT2D eigenvalue weighted by Crippen LogP contribution is 2.26. The van der Waals surface area contributed by atoms with Crippen molar-refractivity contribution in [2.75, 3.05) is 37.7 Å². The van der Waals surface area contributed by atoms with E-state index in [1.54, 1.807) is 12.1 Å². The summed E-state index contributed by atoms with van der Waals surface area (Å²) in [7, 11) is 0. The minimum atomic E-state index is -4.37. The van der Waals surface area contributed by atoms with Gasteiger partial charge in [-0.2, -0.15) is 18.4 Å². The van der Waals surface area contributed by atoms with Crippen LogP contribution in [0.3, 0.4) is 0 Å². The topological polar surface area (TPSA) is 79.4 Å². The number of tetrazole rings is 1. The first kappa shape index (κ1) is 20.9. The molecule has 0 spiro atoms. The van der Waals surface area contributed by atoms with Gasteiger partial charge in [-0.3, -0.25) is 4.90 Å². The zero-order valence-corrected chi connectivity index (χ0v) is 16.5. The summed E-state index contributed by atoms with van der Waals surface area (Å²) in [6.45, 7) is 2.84. The van der Waals surface area contributed by atoms with E-state index in [0.717, 1.165) is 38.3 Å². The Kier molecular flexibility index (Phi) is 6.21. The summed E-state index contributed by atoms with van der Waals surface area (Å²) in [5.74, 6) is 1.93. The molecule has 1 fully saturated rings. The van der Waals surface area contributed by atoms with Crippen LogP contribution in [0, 0.1) is 0 Å². The Morgan fingerprint density at radius 3 is 2.35 bits per heavy atom. The minimum absolute atomic E-state index is 0.137. The number of nitrogens with zero attached hydrogens (tertiary/aromatic N) is 5. The van der Waals surface area contributed by atoms with Crippen molar-refractivity contribution in [1.29, 1.82) is 0 Å². The molecule has 1 N–H and O–H groups in total. The predicted octanol–water partition coefficient (Wildman–Crippen LogP) is 3.26. The molecular formula is C20H21F3N6O2. The number of nitrogens with one attached hydrogen (secondary N) is 1. The number of hydrogen-bond acceptors (Lipinski definition) is 7. The van der Waals surface area contributed by atoms with Gasteiger partial charge < -0.3 is 14.4 Å². The summed E-state index contributed by atoms with van der Waals surface area (Å²) in [5, 5.41) is 14.1. The summed E-state index contributed by atoms with van der Waals surface area (Å²) in [6.07, 6.45) is -4.37. The molecule has 164 valence electrons. The van der Waals surface area contributed by atoms with Crippen molar-refractivity contribution in [2.24, 2.45) is 0 Å². The Balaban J connectivity index is 1.29. The van der Waals surface area contributed by atoms with E-state index in [2.05, 4.69) is 30.4 Å². The summed E-state index contributed by atoms with van der Waals surface area (Å²) in [6, 6.07) is 13.8. The van der Waals surface area contributed by atoms with Crippen LogP contribution in [0.5, 0.6) is 17.2 Å². The first-order valence-electron chi connectivity index (χ1n) is 9.72. The van der Waals surface area contributed by atoms with E-state index in [1.807, 2.05) is 24.3 Å². The lowest BCUT2D eigenvalue weighted by Crippen LogP contribution is -2.46. The monoisotopic (exact) mass is 434 g/mol. The van der Waals surface area contributed by atoms with Gasteiger partial charge in [-0.1, -0.05) is 17.2 Å². The van der Waals surface area contributed by atoms with Crippen molar-refractivity contribution in [3.8, 4) is 17.2 Å². The van der Waals surface area contributed by atoms with Gasteiger partial charge in [0.15, 0.2) is 6.61 Å². The predicted molar refractivity (Wildman–Crippen MR) is 106 cm³/mol. The van der Waals surface area contributed by atoms with E-state index in [-0.39, 0.29) is 5.75 Å². The van der Waals surface area contributed by atoms with E-state index in [0.29, 0.717) is 17.4 Å². The number of aromatic amines is 1. The summed E-state index contributed by atoms with van der Waals surface area (Å²) in [5.41, 5.74) is 1.11. The third kappa shape index (κ3) is 6.07. The highest BCUT2D eigenvalue weighted by atomic mass is 19.4. The Labute approximate surface area is 176 Å². The van der Waals surface area contributed by atoms with Crippen LogP contribution in [-0.2, 0) is 6.54 Å². The number of ether oxygens (including phenoxy) is 2. The molecule has 0 amide bonds. The highest BCUT2D eigenvalue weighted by molar-refractivity contribution is 5.37. The van der Waals surface area contributed by atoms with Crippen LogP contribution in [0.15, 0.2) is 48.5 Å². The maximum absolute atomic E-state index is 12.2.